The van der Waals surface area contributed by atoms with Crippen LogP contribution in [0.4, 0.5) is 4.39 Å². The summed E-state index contributed by atoms with van der Waals surface area (Å²) in [5, 5.41) is 10.5. The molecule has 1 atom stereocenters. The Morgan fingerprint density at radius 2 is 1.72 bits per heavy atom. The zero-order valence-corrected chi connectivity index (χ0v) is 15.4. The van der Waals surface area contributed by atoms with Gasteiger partial charge in [-0.2, -0.15) is 0 Å². The monoisotopic (exact) mass is 367 g/mol. The maximum atomic E-state index is 13.0. The number of hydrogen-bond donors (Lipinski definition) is 2. The molecule has 7 heteroatoms. The van der Waals surface area contributed by atoms with Gasteiger partial charge >= 0.3 is 0 Å². The van der Waals surface area contributed by atoms with Gasteiger partial charge in [0.1, 0.15) is 22.1 Å². The number of sulfonamides is 1. The fourth-order valence-corrected chi connectivity index (χ4v) is 3.72. The number of methoxy groups -OCH3 is 1. The smallest absolute Gasteiger partial charge is 0.244 e. The van der Waals surface area contributed by atoms with Gasteiger partial charge in [0.25, 0.3) is 0 Å². The van der Waals surface area contributed by atoms with E-state index in [-0.39, 0.29) is 17.2 Å². The predicted octanol–water partition coefficient (Wildman–Crippen LogP) is 2.64. The van der Waals surface area contributed by atoms with Crippen LogP contribution in [0.3, 0.4) is 0 Å². The van der Waals surface area contributed by atoms with Crippen molar-refractivity contribution in [1.29, 1.82) is 0 Å². The van der Waals surface area contributed by atoms with Crippen LogP contribution in [0.25, 0.3) is 0 Å². The summed E-state index contributed by atoms with van der Waals surface area (Å²) < 4.78 is 45.9. The molecule has 0 aliphatic heterocycles. The third-order valence-corrected chi connectivity index (χ3v) is 5.56. The molecule has 5 nitrogen and oxygen atoms in total. The van der Waals surface area contributed by atoms with Crippen LogP contribution in [-0.4, -0.2) is 27.2 Å². The molecule has 0 radical (unpaired) electrons. The van der Waals surface area contributed by atoms with Crippen molar-refractivity contribution in [2.24, 2.45) is 0 Å². The second-order valence-electron chi connectivity index (χ2n) is 6.19. The lowest BCUT2D eigenvalue weighted by atomic mass is 9.96. The molecule has 2 aromatic carbocycles. The van der Waals surface area contributed by atoms with E-state index in [0.717, 1.165) is 11.1 Å². The van der Waals surface area contributed by atoms with Gasteiger partial charge in [-0.05, 0) is 61.7 Å². The van der Waals surface area contributed by atoms with Gasteiger partial charge in [0, 0.05) is 6.54 Å². The van der Waals surface area contributed by atoms with Crippen molar-refractivity contribution in [3.63, 3.8) is 0 Å². The Bertz CT molecular complexity index is 861. The van der Waals surface area contributed by atoms with Crippen molar-refractivity contribution >= 4 is 10.0 Å². The molecule has 0 amide bonds. The van der Waals surface area contributed by atoms with Gasteiger partial charge < -0.3 is 9.84 Å². The highest BCUT2D eigenvalue weighted by Crippen LogP contribution is 2.28. The van der Waals surface area contributed by atoms with Crippen LogP contribution in [0.5, 0.6) is 5.75 Å². The molecule has 0 saturated heterocycles. The molecule has 0 saturated carbocycles. The van der Waals surface area contributed by atoms with Crippen molar-refractivity contribution in [2.75, 3.05) is 13.7 Å². The number of ether oxygens (including phenoxy) is 1. The van der Waals surface area contributed by atoms with Crippen LogP contribution in [0.15, 0.2) is 41.3 Å². The van der Waals surface area contributed by atoms with E-state index in [4.69, 9.17) is 4.74 Å². The van der Waals surface area contributed by atoms with E-state index in [1.54, 1.807) is 6.07 Å². The fraction of sp³-hybridized carbons (Fsp3) is 0.333. The standard InChI is InChI=1S/C18H22FNO4S/c1-12-9-16(24-4)17(10-13(12)2)25(22,23)20-11-18(3,21)14-5-7-15(19)8-6-14/h5-10,20-21H,11H2,1-4H3. The van der Waals surface area contributed by atoms with Gasteiger partial charge in [0.05, 0.1) is 7.11 Å². The normalized spacial score (nSPS) is 14.2. The zero-order valence-electron chi connectivity index (χ0n) is 14.6. The topological polar surface area (TPSA) is 75.6 Å². The first kappa shape index (κ1) is 19.4. The molecule has 2 rings (SSSR count). The Balaban J connectivity index is 2.27. The molecule has 0 spiro atoms. The van der Waals surface area contributed by atoms with Gasteiger partial charge in [0.15, 0.2) is 0 Å². The second-order valence-corrected chi connectivity index (χ2v) is 7.93. The van der Waals surface area contributed by atoms with Gasteiger partial charge in [0.2, 0.25) is 10.0 Å². The minimum atomic E-state index is -3.90. The molecule has 0 aliphatic carbocycles. The first-order valence-electron chi connectivity index (χ1n) is 7.70. The quantitative estimate of drug-likeness (QED) is 0.823. The summed E-state index contributed by atoms with van der Waals surface area (Å²) >= 11 is 0. The maximum Gasteiger partial charge on any atom is 0.244 e. The summed E-state index contributed by atoms with van der Waals surface area (Å²) in [6.45, 7) is 4.86. The lowest BCUT2D eigenvalue weighted by Gasteiger charge is -2.24. The van der Waals surface area contributed by atoms with Crippen molar-refractivity contribution < 1.29 is 22.7 Å². The van der Waals surface area contributed by atoms with E-state index < -0.39 is 21.4 Å². The number of aryl methyl sites for hydroxylation is 2. The number of rotatable bonds is 6. The molecule has 0 heterocycles. The SMILES string of the molecule is COc1cc(C)c(C)cc1S(=O)(=O)NCC(C)(O)c1ccc(F)cc1. The largest absolute Gasteiger partial charge is 0.495 e. The minimum absolute atomic E-state index is 0.00741. The molecule has 1 unspecified atom stereocenters. The number of aliphatic hydroxyl groups is 1. The second kappa shape index (κ2) is 7.11. The zero-order chi connectivity index (χ0) is 18.8. The Kier molecular flexibility index (Phi) is 5.51. The summed E-state index contributed by atoms with van der Waals surface area (Å²) in [5.74, 6) is -0.197. The van der Waals surface area contributed by atoms with Crippen LogP contribution in [0.1, 0.15) is 23.6 Å². The Morgan fingerprint density at radius 1 is 1.16 bits per heavy atom. The lowest BCUT2D eigenvalue weighted by Crippen LogP contribution is -2.38. The van der Waals surface area contributed by atoms with Crippen molar-refractivity contribution in [2.45, 2.75) is 31.3 Å². The summed E-state index contributed by atoms with van der Waals surface area (Å²) in [6.07, 6.45) is 0. The highest BCUT2D eigenvalue weighted by atomic mass is 32.2. The van der Waals surface area contributed by atoms with Crippen LogP contribution < -0.4 is 9.46 Å². The van der Waals surface area contributed by atoms with Crippen LogP contribution in [0, 0.1) is 19.7 Å². The molecular formula is C18H22FNO4S. The molecule has 0 aliphatic rings. The number of nitrogens with one attached hydrogen (secondary N) is 1. The minimum Gasteiger partial charge on any atom is -0.495 e. The number of hydrogen-bond acceptors (Lipinski definition) is 4. The molecule has 136 valence electrons. The van der Waals surface area contributed by atoms with Gasteiger partial charge in [-0.3, -0.25) is 0 Å². The molecule has 0 bridgehead atoms. The van der Waals surface area contributed by atoms with Crippen molar-refractivity contribution in [1.82, 2.24) is 4.72 Å². The van der Waals surface area contributed by atoms with E-state index >= 15 is 0 Å². The fourth-order valence-electron chi connectivity index (χ4n) is 2.36. The van der Waals surface area contributed by atoms with E-state index in [1.807, 2.05) is 13.8 Å². The van der Waals surface area contributed by atoms with Crippen LogP contribution in [-0.2, 0) is 15.6 Å². The van der Waals surface area contributed by atoms with Crippen LogP contribution in [0.2, 0.25) is 0 Å². The third kappa shape index (κ3) is 4.36. The average Bonchev–Trinajstić information content (AvgIpc) is 2.55. The third-order valence-electron chi connectivity index (χ3n) is 4.14. The Labute approximate surface area is 147 Å². The van der Waals surface area contributed by atoms with Gasteiger partial charge in [-0.25, -0.2) is 17.5 Å². The van der Waals surface area contributed by atoms with E-state index in [0.29, 0.717) is 5.56 Å². The molecule has 0 fully saturated rings. The molecule has 0 aromatic heterocycles. The van der Waals surface area contributed by atoms with Gasteiger partial charge in [-0.1, -0.05) is 12.1 Å². The summed E-state index contributed by atoms with van der Waals surface area (Å²) in [6, 6.07) is 8.45. The van der Waals surface area contributed by atoms with Crippen molar-refractivity contribution in [3.8, 4) is 5.75 Å². The molecule has 25 heavy (non-hydrogen) atoms. The van der Waals surface area contributed by atoms with Crippen molar-refractivity contribution in [3.05, 3.63) is 58.9 Å². The average molecular weight is 367 g/mol. The van der Waals surface area contributed by atoms with E-state index in [9.17, 15) is 17.9 Å². The Morgan fingerprint density at radius 3 is 2.28 bits per heavy atom. The molecular weight excluding hydrogens is 345 g/mol. The lowest BCUT2D eigenvalue weighted by molar-refractivity contribution is 0.0627. The predicted molar refractivity (Wildman–Crippen MR) is 93.6 cm³/mol. The molecule has 2 aromatic rings. The van der Waals surface area contributed by atoms with Gasteiger partial charge in [-0.15, -0.1) is 0 Å². The maximum absolute atomic E-state index is 13.0. The molecule has 2 N–H and O–H groups in total. The Hall–Kier alpha value is -1.96. The van der Waals surface area contributed by atoms with E-state index in [1.165, 1.54) is 44.4 Å². The van der Waals surface area contributed by atoms with E-state index in [2.05, 4.69) is 4.72 Å². The van der Waals surface area contributed by atoms with Crippen LogP contribution >= 0.6 is 0 Å². The highest BCUT2D eigenvalue weighted by Gasteiger charge is 2.28. The summed E-state index contributed by atoms with van der Waals surface area (Å²) in [7, 11) is -2.50. The first-order valence-corrected chi connectivity index (χ1v) is 9.18. The highest BCUT2D eigenvalue weighted by molar-refractivity contribution is 7.89. The number of benzene rings is 2. The summed E-state index contributed by atoms with van der Waals surface area (Å²) in [5.41, 5.74) is 0.637. The first-order chi connectivity index (χ1) is 11.6. The summed E-state index contributed by atoms with van der Waals surface area (Å²) in [4.78, 5) is 0.00741. The number of halogens is 1.